The highest BCUT2D eigenvalue weighted by atomic mass is 32.1. The quantitative estimate of drug-likeness (QED) is 0.610. The van der Waals surface area contributed by atoms with Gasteiger partial charge in [-0.25, -0.2) is 0 Å². The summed E-state index contributed by atoms with van der Waals surface area (Å²) in [4.78, 5) is 23.6. The molecule has 2 fully saturated rings. The summed E-state index contributed by atoms with van der Waals surface area (Å²) in [5, 5.41) is 11.7. The van der Waals surface area contributed by atoms with Gasteiger partial charge in [-0.05, 0) is 11.4 Å². The van der Waals surface area contributed by atoms with Gasteiger partial charge in [-0.15, -0.1) is 11.3 Å². The lowest BCUT2D eigenvalue weighted by Gasteiger charge is -2.14. The Bertz CT molecular complexity index is 454. The van der Waals surface area contributed by atoms with Crippen molar-refractivity contribution in [2.45, 2.75) is 30.8 Å². The molecule has 17 heavy (non-hydrogen) atoms. The third kappa shape index (κ3) is 1.69. The molecule has 3 rings (SSSR count). The van der Waals surface area contributed by atoms with E-state index in [0.29, 0.717) is 4.88 Å². The summed E-state index contributed by atoms with van der Waals surface area (Å²) < 4.78 is 10.3. The average molecular weight is 254 g/mol. The number of Topliss-reactive ketones (excluding diaryl/α,β-unsaturated/α-hetero) is 1. The summed E-state index contributed by atoms with van der Waals surface area (Å²) in [5.41, 5.74) is 0. The zero-order valence-electron chi connectivity index (χ0n) is 8.74. The number of ketones is 1. The summed E-state index contributed by atoms with van der Waals surface area (Å²) in [7, 11) is 0. The van der Waals surface area contributed by atoms with Gasteiger partial charge < -0.3 is 14.6 Å². The van der Waals surface area contributed by atoms with Crippen LogP contribution < -0.4 is 0 Å². The standard InChI is InChI=1S/C11H10O5S/c12-7-4-5-10(16-7)9(14)11(15-5)8(13)6-2-1-3-17-6/h1-3,5,9-11,14H,4H2/t5-,9-,10+,11-/m1/s1. The molecule has 1 N–H and O–H groups in total. The number of carbonyl (C=O) groups is 2. The van der Waals surface area contributed by atoms with E-state index in [9.17, 15) is 14.7 Å². The lowest BCUT2D eigenvalue weighted by atomic mass is 10.0. The minimum Gasteiger partial charge on any atom is -0.457 e. The Hall–Kier alpha value is -1.24. The largest absolute Gasteiger partial charge is 0.457 e. The lowest BCUT2D eigenvalue weighted by molar-refractivity contribution is -0.145. The maximum atomic E-state index is 12.0. The summed E-state index contributed by atoms with van der Waals surface area (Å²) in [6.45, 7) is 0. The first kappa shape index (κ1) is 10.9. The van der Waals surface area contributed by atoms with Crippen molar-refractivity contribution < 1.29 is 24.2 Å². The predicted molar refractivity (Wildman–Crippen MR) is 57.8 cm³/mol. The number of thiophene rings is 1. The number of carbonyl (C=O) groups excluding carboxylic acids is 2. The second-order valence-corrected chi connectivity index (χ2v) is 5.03. The first-order valence-corrected chi connectivity index (χ1v) is 6.15. The molecule has 0 unspecified atom stereocenters. The third-order valence-electron chi connectivity index (χ3n) is 2.99. The van der Waals surface area contributed by atoms with E-state index < -0.39 is 24.4 Å². The van der Waals surface area contributed by atoms with Crippen LogP contribution in [0.4, 0.5) is 0 Å². The van der Waals surface area contributed by atoms with E-state index in [-0.39, 0.29) is 18.2 Å². The minimum atomic E-state index is -1.07. The maximum absolute atomic E-state index is 12.0. The highest BCUT2D eigenvalue weighted by Gasteiger charge is 2.53. The topological polar surface area (TPSA) is 72.8 Å². The van der Waals surface area contributed by atoms with E-state index >= 15 is 0 Å². The highest BCUT2D eigenvalue weighted by molar-refractivity contribution is 7.12. The van der Waals surface area contributed by atoms with E-state index in [1.165, 1.54) is 11.3 Å². The van der Waals surface area contributed by atoms with Crippen molar-refractivity contribution >= 4 is 23.1 Å². The molecular weight excluding hydrogens is 244 g/mol. The third-order valence-corrected chi connectivity index (χ3v) is 3.88. The van der Waals surface area contributed by atoms with Crippen LogP contribution in [0.2, 0.25) is 0 Å². The molecule has 0 spiro atoms. The number of hydrogen-bond donors (Lipinski definition) is 1. The van der Waals surface area contributed by atoms with Crippen LogP contribution in [0.25, 0.3) is 0 Å². The first-order chi connectivity index (χ1) is 8.16. The number of ether oxygens (including phenoxy) is 2. The van der Waals surface area contributed by atoms with Crippen LogP contribution in [-0.4, -0.2) is 41.3 Å². The van der Waals surface area contributed by atoms with Gasteiger partial charge in [-0.2, -0.15) is 0 Å². The number of aliphatic hydroxyl groups is 1. The van der Waals surface area contributed by atoms with E-state index in [1.54, 1.807) is 17.5 Å². The van der Waals surface area contributed by atoms with Gasteiger partial charge in [-0.1, -0.05) is 6.07 Å². The van der Waals surface area contributed by atoms with Crippen LogP contribution >= 0.6 is 11.3 Å². The number of hydrogen-bond acceptors (Lipinski definition) is 6. The van der Waals surface area contributed by atoms with Crippen molar-refractivity contribution in [2.24, 2.45) is 0 Å². The lowest BCUT2D eigenvalue weighted by Crippen LogP contribution is -2.36. The Balaban J connectivity index is 1.79. The maximum Gasteiger partial charge on any atom is 0.309 e. The van der Waals surface area contributed by atoms with E-state index in [2.05, 4.69) is 0 Å². The molecule has 3 heterocycles. The highest BCUT2D eigenvalue weighted by Crippen LogP contribution is 2.33. The fourth-order valence-electron chi connectivity index (χ4n) is 2.19. The second-order valence-electron chi connectivity index (χ2n) is 4.09. The van der Waals surface area contributed by atoms with Crippen LogP contribution in [0, 0.1) is 0 Å². The Morgan fingerprint density at radius 3 is 3.00 bits per heavy atom. The van der Waals surface area contributed by atoms with Gasteiger partial charge in [0.25, 0.3) is 0 Å². The zero-order chi connectivity index (χ0) is 12.0. The Morgan fingerprint density at radius 2 is 2.35 bits per heavy atom. The predicted octanol–water partition coefficient (Wildman–Crippen LogP) is 0.375. The van der Waals surface area contributed by atoms with Crippen LogP contribution in [0.5, 0.6) is 0 Å². The van der Waals surface area contributed by atoms with Crippen LogP contribution in [-0.2, 0) is 14.3 Å². The average Bonchev–Trinajstić information content (AvgIpc) is 2.96. The van der Waals surface area contributed by atoms with Crippen molar-refractivity contribution in [2.75, 3.05) is 0 Å². The summed E-state index contributed by atoms with van der Waals surface area (Å²) in [6, 6.07) is 3.45. The molecular formula is C11H10O5S. The van der Waals surface area contributed by atoms with Crippen LogP contribution in [0.1, 0.15) is 16.1 Å². The SMILES string of the molecule is O=C1C[C@H]2O[C@H](C(=O)c3cccs3)[C@H](O)[C@H]2O1. The second kappa shape index (κ2) is 3.90. The first-order valence-electron chi connectivity index (χ1n) is 5.27. The fourth-order valence-corrected chi connectivity index (χ4v) is 2.88. The molecule has 2 aliphatic rings. The number of aliphatic hydroxyl groups excluding tert-OH is 1. The summed E-state index contributed by atoms with van der Waals surface area (Å²) in [5.74, 6) is -0.640. The normalized spacial score (nSPS) is 35.7. The van der Waals surface area contributed by atoms with Crippen molar-refractivity contribution in [1.29, 1.82) is 0 Å². The summed E-state index contributed by atoms with van der Waals surface area (Å²) in [6.07, 6.45) is -3.07. The monoisotopic (exact) mass is 254 g/mol. The molecule has 0 amide bonds. The van der Waals surface area contributed by atoms with E-state index in [4.69, 9.17) is 9.47 Å². The molecule has 0 saturated carbocycles. The van der Waals surface area contributed by atoms with Crippen LogP contribution in [0.15, 0.2) is 17.5 Å². The van der Waals surface area contributed by atoms with Crippen molar-refractivity contribution in [1.82, 2.24) is 0 Å². The smallest absolute Gasteiger partial charge is 0.309 e. The van der Waals surface area contributed by atoms with Gasteiger partial charge >= 0.3 is 5.97 Å². The number of fused-ring (bicyclic) bond motifs is 1. The van der Waals surface area contributed by atoms with Gasteiger partial charge in [0.1, 0.15) is 12.2 Å². The van der Waals surface area contributed by atoms with Gasteiger partial charge in [0.05, 0.1) is 11.3 Å². The molecule has 0 aromatic carbocycles. The number of rotatable bonds is 2. The van der Waals surface area contributed by atoms with Crippen molar-refractivity contribution in [3.05, 3.63) is 22.4 Å². The number of esters is 1. The molecule has 2 aliphatic heterocycles. The Labute approximate surface area is 101 Å². The molecule has 6 heteroatoms. The molecule has 4 atom stereocenters. The molecule has 5 nitrogen and oxygen atoms in total. The molecule has 0 radical (unpaired) electrons. The van der Waals surface area contributed by atoms with Crippen molar-refractivity contribution in [3.8, 4) is 0 Å². The summed E-state index contributed by atoms with van der Waals surface area (Å²) >= 11 is 1.30. The van der Waals surface area contributed by atoms with E-state index in [1.807, 2.05) is 0 Å². The Morgan fingerprint density at radius 1 is 1.53 bits per heavy atom. The van der Waals surface area contributed by atoms with Crippen molar-refractivity contribution in [3.63, 3.8) is 0 Å². The van der Waals surface area contributed by atoms with Gasteiger partial charge in [-0.3, -0.25) is 9.59 Å². The van der Waals surface area contributed by atoms with Gasteiger partial charge in [0, 0.05) is 0 Å². The molecule has 2 saturated heterocycles. The molecule has 1 aromatic heterocycles. The molecule has 0 aliphatic carbocycles. The fraction of sp³-hybridized carbons (Fsp3) is 0.455. The molecule has 90 valence electrons. The molecule has 0 bridgehead atoms. The van der Waals surface area contributed by atoms with Gasteiger partial charge in [0.2, 0.25) is 5.78 Å². The van der Waals surface area contributed by atoms with Gasteiger partial charge in [0.15, 0.2) is 12.2 Å². The van der Waals surface area contributed by atoms with Crippen LogP contribution in [0.3, 0.4) is 0 Å². The van der Waals surface area contributed by atoms with E-state index in [0.717, 1.165) is 0 Å². The zero-order valence-corrected chi connectivity index (χ0v) is 9.55. The Kier molecular flexibility index (Phi) is 2.50. The molecule has 1 aromatic rings. The minimum absolute atomic E-state index is 0.107.